The fourth-order valence-corrected chi connectivity index (χ4v) is 4.70. The van der Waals surface area contributed by atoms with E-state index in [9.17, 15) is 0 Å². The highest BCUT2D eigenvalue weighted by atomic mass is 32.2. The van der Waals surface area contributed by atoms with Gasteiger partial charge in [0.15, 0.2) is 0 Å². The van der Waals surface area contributed by atoms with E-state index in [1.807, 2.05) is 0 Å². The molecule has 1 N–H and O–H groups in total. The SMILES string of the molecule is CC(C)NCC1(CN2CCSC(C)C2)CCCCC1. The highest BCUT2D eigenvalue weighted by molar-refractivity contribution is 7.99. The Morgan fingerprint density at radius 1 is 1.26 bits per heavy atom. The van der Waals surface area contributed by atoms with Crippen LogP contribution in [0.15, 0.2) is 0 Å². The molecule has 0 aromatic heterocycles. The van der Waals surface area contributed by atoms with E-state index in [0.29, 0.717) is 11.5 Å². The summed E-state index contributed by atoms with van der Waals surface area (Å²) >= 11 is 2.14. The molecule has 0 bridgehead atoms. The van der Waals surface area contributed by atoms with Crippen molar-refractivity contribution in [3.05, 3.63) is 0 Å². The second kappa shape index (κ2) is 7.33. The third-order valence-electron chi connectivity index (χ3n) is 4.68. The first kappa shape index (κ1) is 15.7. The maximum absolute atomic E-state index is 3.72. The Kier molecular flexibility index (Phi) is 6.04. The van der Waals surface area contributed by atoms with Gasteiger partial charge in [0.25, 0.3) is 0 Å². The Morgan fingerprint density at radius 2 is 2.00 bits per heavy atom. The summed E-state index contributed by atoms with van der Waals surface area (Å²) in [6.07, 6.45) is 7.21. The maximum Gasteiger partial charge on any atom is 0.0147 e. The third-order valence-corrected chi connectivity index (χ3v) is 5.82. The van der Waals surface area contributed by atoms with E-state index < -0.39 is 0 Å². The fourth-order valence-electron chi connectivity index (χ4n) is 3.62. The summed E-state index contributed by atoms with van der Waals surface area (Å²) in [5, 5.41) is 4.55. The van der Waals surface area contributed by atoms with Gasteiger partial charge in [-0.25, -0.2) is 0 Å². The van der Waals surface area contributed by atoms with Gasteiger partial charge in [-0.1, -0.05) is 40.0 Å². The molecule has 1 atom stereocenters. The van der Waals surface area contributed by atoms with E-state index in [1.54, 1.807) is 0 Å². The van der Waals surface area contributed by atoms with Crippen molar-refractivity contribution in [3.8, 4) is 0 Å². The van der Waals surface area contributed by atoms with Gasteiger partial charge in [0, 0.05) is 43.2 Å². The minimum atomic E-state index is 0.560. The van der Waals surface area contributed by atoms with Crippen molar-refractivity contribution in [2.75, 3.05) is 31.9 Å². The van der Waals surface area contributed by atoms with Gasteiger partial charge >= 0.3 is 0 Å². The molecule has 1 saturated carbocycles. The third kappa shape index (κ3) is 4.95. The van der Waals surface area contributed by atoms with Crippen LogP contribution in [0.1, 0.15) is 52.9 Å². The quantitative estimate of drug-likeness (QED) is 0.833. The molecule has 2 aliphatic rings. The zero-order chi connectivity index (χ0) is 13.7. The Hall–Kier alpha value is 0.270. The number of hydrogen-bond donors (Lipinski definition) is 1. The van der Waals surface area contributed by atoms with Gasteiger partial charge in [0.1, 0.15) is 0 Å². The van der Waals surface area contributed by atoms with Gasteiger partial charge in [-0.15, -0.1) is 0 Å². The molecule has 1 aliphatic heterocycles. The van der Waals surface area contributed by atoms with Gasteiger partial charge in [-0.2, -0.15) is 11.8 Å². The zero-order valence-corrected chi connectivity index (χ0v) is 13.9. The summed E-state index contributed by atoms with van der Waals surface area (Å²) in [5.74, 6) is 1.33. The lowest BCUT2D eigenvalue weighted by Gasteiger charge is -2.43. The standard InChI is InChI=1S/C16H32N2S/c1-14(2)17-12-16(7-5-4-6-8-16)13-18-9-10-19-15(3)11-18/h14-15,17H,4-13H2,1-3H3. The van der Waals surface area contributed by atoms with Crippen LogP contribution < -0.4 is 5.32 Å². The Morgan fingerprint density at radius 3 is 2.63 bits per heavy atom. The first-order chi connectivity index (χ1) is 9.10. The molecular weight excluding hydrogens is 252 g/mol. The average Bonchev–Trinajstić information content (AvgIpc) is 2.38. The van der Waals surface area contributed by atoms with Crippen LogP contribution >= 0.6 is 11.8 Å². The Bertz CT molecular complexity index is 261. The van der Waals surface area contributed by atoms with Crippen molar-refractivity contribution >= 4 is 11.8 Å². The molecule has 112 valence electrons. The molecule has 1 heterocycles. The van der Waals surface area contributed by atoms with Crippen molar-refractivity contribution in [2.45, 2.75) is 64.2 Å². The highest BCUT2D eigenvalue weighted by Gasteiger charge is 2.34. The van der Waals surface area contributed by atoms with Crippen LogP contribution in [0.5, 0.6) is 0 Å². The van der Waals surface area contributed by atoms with E-state index in [2.05, 4.69) is 42.7 Å². The van der Waals surface area contributed by atoms with Crippen LogP contribution in [0.25, 0.3) is 0 Å². The summed E-state index contributed by atoms with van der Waals surface area (Å²) in [7, 11) is 0. The van der Waals surface area contributed by atoms with Gasteiger partial charge in [0.2, 0.25) is 0 Å². The smallest absolute Gasteiger partial charge is 0.0147 e. The summed E-state index contributed by atoms with van der Waals surface area (Å²) in [6, 6.07) is 0.620. The van der Waals surface area contributed by atoms with E-state index in [4.69, 9.17) is 0 Å². The van der Waals surface area contributed by atoms with E-state index in [1.165, 1.54) is 64.0 Å². The van der Waals surface area contributed by atoms with Crippen LogP contribution in [0.4, 0.5) is 0 Å². The normalized spacial score (nSPS) is 28.7. The van der Waals surface area contributed by atoms with Crippen LogP contribution in [-0.2, 0) is 0 Å². The number of hydrogen-bond acceptors (Lipinski definition) is 3. The Balaban J connectivity index is 1.92. The predicted molar refractivity (Wildman–Crippen MR) is 87.0 cm³/mol. The van der Waals surface area contributed by atoms with Gasteiger partial charge in [-0.3, -0.25) is 0 Å². The minimum absolute atomic E-state index is 0.560. The summed E-state index contributed by atoms with van der Waals surface area (Å²) in [6.45, 7) is 12.1. The monoisotopic (exact) mass is 284 g/mol. The highest BCUT2D eigenvalue weighted by Crippen LogP contribution is 2.37. The van der Waals surface area contributed by atoms with Crippen LogP contribution in [0.3, 0.4) is 0 Å². The topological polar surface area (TPSA) is 15.3 Å². The average molecular weight is 285 g/mol. The fraction of sp³-hybridized carbons (Fsp3) is 1.00. The number of thioether (sulfide) groups is 1. The molecule has 2 rings (SSSR count). The van der Waals surface area contributed by atoms with Gasteiger partial charge in [-0.05, 0) is 18.3 Å². The first-order valence-electron chi connectivity index (χ1n) is 8.17. The summed E-state index contributed by atoms with van der Waals surface area (Å²) in [4.78, 5) is 2.74. The van der Waals surface area contributed by atoms with Crippen LogP contribution in [-0.4, -0.2) is 48.1 Å². The second-order valence-corrected chi connectivity index (χ2v) is 8.56. The van der Waals surface area contributed by atoms with Crippen LogP contribution in [0.2, 0.25) is 0 Å². The first-order valence-corrected chi connectivity index (χ1v) is 9.22. The summed E-state index contributed by atoms with van der Waals surface area (Å²) in [5.41, 5.74) is 0.560. The van der Waals surface area contributed by atoms with Gasteiger partial charge in [0.05, 0.1) is 0 Å². The molecule has 0 aromatic carbocycles. The molecule has 0 radical (unpaired) electrons. The minimum Gasteiger partial charge on any atom is -0.314 e. The van der Waals surface area contributed by atoms with Crippen molar-refractivity contribution in [1.82, 2.24) is 10.2 Å². The molecule has 1 unspecified atom stereocenters. The molecule has 0 aromatic rings. The van der Waals surface area contributed by atoms with Crippen LogP contribution in [0, 0.1) is 5.41 Å². The van der Waals surface area contributed by atoms with E-state index in [-0.39, 0.29) is 0 Å². The molecule has 1 saturated heterocycles. The van der Waals surface area contributed by atoms with Crippen molar-refractivity contribution < 1.29 is 0 Å². The zero-order valence-electron chi connectivity index (χ0n) is 13.1. The number of nitrogens with zero attached hydrogens (tertiary/aromatic N) is 1. The van der Waals surface area contributed by atoms with E-state index >= 15 is 0 Å². The molecule has 1 aliphatic carbocycles. The molecule has 2 nitrogen and oxygen atoms in total. The van der Waals surface area contributed by atoms with Crippen molar-refractivity contribution in [3.63, 3.8) is 0 Å². The number of rotatable bonds is 5. The lowest BCUT2D eigenvalue weighted by Crippen LogP contribution is -2.49. The maximum atomic E-state index is 3.72. The van der Waals surface area contributed by atoms with Gasteiger partial charge < -0.3 is 10.2 Å². The molecule has 0 spiro atoms. The molecular formula is C16H32N2S. The molecule has 3 heteroatoms. The molecule has 2 fully saturated rings. The molecule has 0 amide bonds. The van der Waals surface area contributed by atoms with Crippen molar-refractivity contribution in [2.24, 2.45) is 5.41 Å². The second-order valence-electron chi connectivity index (χ2n) is 7.01. The number of nitrogens with one attached hydrogen (secondary N) is 1. The lowest BCUT2D eigenvalue weighted by molar-refractivity contribution is 0.103. The Labute approximate surface area is 124 Å². The summed E-state index contributed by atoms with van der Waals surface area (Å²) < 4.78 is 0. The lowest BCUT2D eigenvalue weighted by atomic mass is 9.73. The largest absolute Gasteiger partial charge is 0.314 e. The predicted octanol–water partition coefficient (Wildman–Crippen LogP) is 3.37. The molecule has 19 heavy (non-hydrogen) atoms. The van der Waals surface area contributed by atoms with Crippen molar-refractivity contribution in [1.29, 1.82) is 0 Å². The van der Waals surface area contributed by atoms with E-state index in [0.717, 1.165) is 5.25 Å².